The molecule has 0 aromatic rings. The van der Waals surface area contributed by atoms with Gasteiger partial charge < -0.3 is 14.5 Å². The monoisotopic (exact) mass is 292 g/mol. The summed E-state index contributed by atoms with van der Waals surface area (Å²) in [5, 5.41) is 8.89. The van der Waals surface area contributed by atoms with Gasteiger partial charge in [0.25, 0.3) is 0 Å². The van der Waals surface area contributed by atoms with Crippen LogP contribution in [0.3, 0.4) is 0 Å². The molecule has 0 radical (unpaired) electrons. The molecule has 8 heteroatoms. The Bertz CT molecular complexity index is 274. The number of carboxylic acids is 1. The molecule has 0 N–H and O–H groups in total. The van der Waals surface area contributed by atoms with Crippen LogP contribution in [-0.4, -0.2) is 48.6 Å². The first-order valence-electron chi connectivity index (χ1n) is 5.57. The molecule has 0 spiro atoms. The van der Waals surface area contributed by atoms with Crippen molar-refractivity contribution in [2.75, 3.05) is 6.61 Å². The normalized spacial score (nSPS) is 9.94. The van der Waals surface area contributed by atoms with Crippen molar-refractivity contribution < 1.29 is 27.1 Å². The largest absolute Gasteiger partial charge is 2.00 e. The SMILES string of the molecule is CC(=O)[O-].CCCCCCCCOS(=O)(=O)[O-].[Mg+2]. The van der Waals surface area contributed by atoms with Crippen molar-refractivity contribution in [3.8, 4) is 0 Å². The summed E-state index contributed by atoms with van der Waals surface area (Å²) >= 11 is 0. The van der Waals surface area contributed by atoms with E-state index in [1.54, 1.807) is 0 Å². The molecule has 0 saturated heterocycles. The van der Waals surface area contributed by atoms with E-state index in [0.29, 0.717) is 6.42 Å². The molecule has 18 heavy (non-hydrogen) atoms. The van der Waals surface area contributed by atoms with Gasteiger partial charge in [-0.2, -0.15) is 0 Å². The van der Waals surface area contributed by atoms with Crippen molar-refractivity contribution in [1.82, 2.24) is 0 Å². The van der Waals surface area contributed by atoms with Gasteiger partial charge in [0.1, 0.15) is 0 Å². The molecule has 0 bridgehead atoms. The third-order valence-electron chi connectivity index (χ3n) is 1.73. The number of unbranched alkanes of at least 4 members (excludes halogenated alkanes) is 5. The molecule has 0 aliphatic heterocycles. The van der Waals surface area contributed by atoms with Crippen LogP contribution < -0.4 is 5.11 Å². The Morgan fingerprint density at radius 3 is 1.89 bits per heavy atom. The molecule has 0 amide bonds. The zero-order valence-corrected chi connectivity index (χ0v) is 13.2. The second-order valence-corrected chi connectivity index (χ2v) is 4.54. The maximum atomic E-state index is 9.99. The average Bonchev–Trinajstić information content (AvgIpc) is 2.14. The summed E-state index contributed by atoms with van der Waals surface area (Å²) in [4.78, 5) is 8.89. The number of carboxylic acid groups (broad SMARTS) is 1. The van der Waals surface area contributed by atoms with Gasteiger partial charge in [-0.15, -0.1) is 0 Å². The summed E-state index contributed by atoms with van der Waals surface area (Å²) in [6.07, 6.45) is 6.21. The first kappa shape index (κ1) is 23.2. The molecule has 104 valence electrons. The van der Waals surface area contributed by atoms with Crippen molar-refractivity contribution in [1.29, 1.82) is 0 Å². The van der Waals surface area contributed by atoms with Crippen LogP contribution in [0, 0.1) is 0 Å². The van der Waals surface area contributed by atoms with E-state index >= 15 is 0 Å². The Balaban J connectivity index is -0.000000392. The average molecular weight is 293 g/mol. The van der Waals surface area contributed by atoms with Gasteiger partial charge in [0.15, 0.2) is 0 Å². The minimum Gasteiger partial charge on any atom is -0.726 e. The molecule has 0 saturated carbocycles. The molecule has 0 aromatic heterocycles. The predicted molar refractivity (Wildman–Crippen MR) is 65.5 cm³/mol. The molecular formula is C10H20MgO6S. The number of carbonyl (C=O) groups excluding carboxylic acids is 1. The minimum atomic E-state index is -4.47. The van der Waals surface area contributed by atoms with E-state index in [9.17, 15) is 13.0 Å². The van der Waals surface area contributed by atoms with E-state index < -0.39 is 16.4 Å². The summed E-state index contributed by atoms with van der Waals surface area (Å²) in [7, 11) is -4.47. The summed E-state index contributed by atoms with van der Waals surface area (Å²) in [5.74, 6) is -1.08. The second kappa shape index (κ2) is 15.2. The number of aliphatic carboxylic acids is 1. The van der Waals surface area contributed by atoms with Gasteiger partial charge in [-0.05, 0) is 13.3 Å². The van der Waals surface area contributed by atoms with Gasteiger partial charge >= 0.3 is 23.1 Å². The summed E-state index contributed by atoms with van der Waals surface area (Å²) < 4.78 is 34.0. The standard InChI is InChI=1S/C8H18O4S.C2H4O2.Mg/c1-2-3-4-5-6-7-8-12-13(9,10)11;1-2(3)4;/h2-8H2,1H3,(H,9,10,11);1H3,(H,3,4);/q;;+2/p-2. The Morgan fingerprint density at radius 2 is 1.50 bits per heavy atom. The molecule has 0 rings (SSSR count). The Labute approximate surface area is 125 Å². The van der Waals surface area contributed by atoms with Crippen molar-refractivity contribution >= 4 is 39.4 Å². The van der Waals surface area contributed by atoms with E-state index in [2.05, 4.69) is 11.1 Å². The Hall–Kier alpha value is 0.106. The van der Waals surface area contributed by atoms with E-state index in [-0.39, 0.29) is 29.7 Å². The molecule has 0 heterocycles. The number of rotatable bonds is 8. The van der Waals surface area contributed by atoms with Gasteiger partial charge in [-0.3, -0.25) is 4.18 Å². The van der Waals surface area contributed by atoms with E-state index in [0.717, 1.165) is 19.8 Å². The van der Waals surface area contributed by atoms with Gasteiger partial charge in [0.2, 0.25) is 10.4 Å². The molecule has 6 nitrogen and oxygen atoms in total. The maximum absolute atomic E-state index is 9.99. The van der Waals surface area contributed by atoms with Gasteiger partial charge in [0, 0.05) is 5.97 Å². The van der Waals surface area contributed by atoms with E-state index in [1.807, 2.05) is 0 Å². The number of hydrogen-bond donors (Lipinski definition) is 0. The van der Waals surface area contributed by atoms with Crippen LogP contribution in [0.2, 0.25) is 0 Å². The van der Waals surface area contributed by atoms with Crippen molar-refractivity contribution in [2.24, 2.45) is 0 Å². The van der Waals surface area contributed by atoms with Crippen LogP contribution in [0.25, 0.3) is 0 Å². The van der Waals surface area contributed by atoms with Crippen LogP contribution in [0.1, 0.15) is 52.4 Å². The van der Waals surface area contributed by atoms with E-state index in [4.69, 9.17) is 9.90 Å². The fourth-order valence-corrected chi connectivity index (χ4v) is 1.37. The van der Waals surface area contributed by atoms with Gasteiger partial charge in [-0.1, -0.05) is 39.0 Å². The van der Waals surface area contributed by atoms with Crippen molar-refractivity contribution in [3.05, 3.63) is 0 Å². The van der Waals surface area contributed by atoms with Crippen LogP contribution in [0.15, 0.2) is 0 Å². The van der Waals surface area contributed by atoms with E-state index in [1.165, 1.54) is 19.3 Å². The molecule has 0 fully saturated rings. The number of hydrogen-bond acceptors (Lipinski definition) is 6. The Morgan fingerprint density at radius 1 is 1.11 bits per heavy atom. The van der Waals surface area contributed by atoms with Crippen LogP contribution in [0.5, 0.6) is 0 Å². The summed E-state index contributed by atoms with van der Waals surface area (Å²) in [5.41, 5.74) is 0. The van der Waals surface area contributed by atoms with Crippen LogP contribution >= 0.6 is 0 Å². The molecule has 0 atom stereocenters. The number of carbonyl (C=O) groups is 1. The smallest absolute Gasteiger partial charge is 0.726 e. The first-order chi connectivity index (χ1) is 7.79. The fourth-order valence-electron chi connectivity index (χ4n) is 1.04. The zero-order valence-electron chi connectivity index (χ0n) is 11.0. The van der Waals surface area contributed by atoms with Crippen molar-refractivity contribution in [3.63, 3.8) is 0 Å². The fraction of sp³-hybridized carbons (Fsp3) is 0.900. The topological polar surface area (TPSA) is 107 Å². The Kier molecular flexibility index (Phi) is 19.6. The second-order valence-electron chi connectivity index (χ2n) is 3.49. The predicted octanol–water partition coefficient (Wildman–Crippen LogP) is 0.199. The molecule has 0 aliphatic carbocycles. The molecular weight excluding hydrogens is 272 g/mol. The third-order valence-corrected chi connectivity index (χ3v) is 2.18. The maximum Gasteiger partial charge on any atom is 2.00 e. The third kappa shape index (κ3) is 36.0. The molecule has 0 aliphatic rings. The van der Waals surface area contributed by atoms with Gasteiger partial charge in [0.05, 0.1) is 6.61 Å². The summed E-state index contributed by atoms with van der Waals surface area (Å²) in [6.45, 7) is 3.13. The van der Waals surface area contributed by atoms with Gasteiger partial charge in [-0.25, -0.2) is 8.42 Å². The van der Waals surface area contributed by atoms with Crippen LogP contribution in [-0.2, 0) is 19.4 Å². The molecule has 0 unspecified atom stereocenters. The molecule has 0 aromatic carbocycles. The quantitative estimate of drug-likeness (QED) is 0.274. The van der Waals surface area contributed by atoms with Crippen molar-refractivity contribution in [2.45, 2.75) is 52.4 Å². The summed E-state index contributed by atoms with van der Waals surface area (Å²) in [6, 6.07) is 0. The first-order valence-corrected chi connectivity index (χ1v) is 6.90. The zero-order chi connectivity index (χ0) is 13.7. The van der Waals surface area contributed by atoms with Crippen LogP contribution in [0.4, 0.5) is 0 Å². The minimum absolute atomic E-state index is 0.